The number of anilines is 1. The highest BCUT2D eigenvalue weighted by atomic mass is 79.9. The van der Waals surface area contributed by atoms with Gasteiger partial charge in [-0.05, 0) is 38.0 Å². The molecule has 0 bridgehead atoms. The Morgan fingerprint density at radius 1 is 1.28 bits per heavy atom. The molecule has 1 aromatic rings. The summed E-state index contributed by atoms with van der Waals surface area (Å²) in [5.74, 6) is 1.97. The van der Waals surface area contributed by atoms with E-state index in [9.17, 15) is 0 Å². The Hall–Kier alpha value is -0.640. The average molecular weight is 310 g/mol. The van der Waals surface area contributed by atoms with Crippen molar-refractivity contribution in [3.8, 4) is 0 Å². The minimum absolute atomic E-state index is 0.584. The Morgan fingerprint density at radius 3 is 2.94 bits per heavy atom. The van der Waals surface area contributed by atoms with Crippen LogP contribution in [0, 0.1) is 5.92 Å². The summed E-state index contributed by atoms with van der Waals surface area (Å²) in [6, 6.07) is 0. The van der Waals surface area contributed by atoms with E-state index in [0.29, 0.717) is 4.83 Å². The first-order valence-corrected chi connectivity index (χ1v) is 7.89. The summed E-state index contributed by atoms with van der Waals surface area (Å²) in [5.41, 5.74) is 2.70. The molecular weight excluding hydrogens is 290 g/mol. The van der Waals surface area contributed by atoms with Crippen molar-refractivity contribution in [2.75, 3.05) is 18.0 Å². The number of nitrogens with zero attached hydrogens (tertiary/aromatic N) is 3. The van der Waals surface area contributed by atoms with Gasteiger partial charge in [-0.25, -0.2) is 9.97 Å². The summed E-state index contributed by atoms with van der Waals surface area (Å²) < 4.78 is 0. The van der Waals surface area contributed by atoms with Crippen LogP contribution in [-0.4, -0.2) is 27.9 Å². The highest BCUT2D eigenvalue weighted by Gasteiger charge is 2.27. The van der Waals surface area contributed by atoms with Crippen molar-refractivity contribution in [2.24, 2.45) is 5.92 Å². The molecule has 0 radical (unpaired) electrons. The van der Waals surface area contributed by atoms with Crippen molar-refractivity contribution < 1.29 is 0 Å². The van der Waals surface area contributed by atoms with E-state index in [1.54, 1.807) is 6.33 Å². The Balaban J connectivity index is 1.88. The molecule has 0 spiro atoms. The lowest BCUT2D eigenvalue weighted by atomic mass is 9.94. The third kappa shape index (κ3) is 2.27. The van der Waals surface area contributed by atoms with Gasteiger partial charge in [0.05, 0.1) is 0 Å². The van der Waals surface area contributed by atoms with Gasteiger partial charge in [-0.15, -0.1) is 0 Å². The Kier molecular flexibility index (Phi) is 3.55. The largest absolute Gasteiger partial charge is 0.355 e. The van der Waals surface area contributed by atoms with Gasteiger partial charge in [0, 0.05) is 29.2 Å². The topological polar surface area (TPSA) is 29.0 Å². The molecule has 0 amide bonds. The normalized spacial score (nSPS) is 28.0. The lowest BCUT2D eigenvalue weighted by Crippen LogP contribution is -2.41. The lowest BCUT2D eigenvalue weighted by Gasteiger charge is -2.36. The van der Waals surface area contributed by atoms with Gasteiger partial charge >= 0.3 is 0 Å². The molecule has 3 rings (SSSR count). The zero-order chi connectivity index (χ0) is 12.5. The molecule has 0 N–H and O–H groups in total. The van der Waals surface area contributed by atoms with Gasteiger partial charge in [-0.2, -0.15) is 0 Å². The van der Waals surface area contributed by atoms with Gasteiger partial charge in [0.25, 0.3) is 0 Å². The van der Waals surface area contributed by atoms with E-state index in [-0.39, 0.29) is 0 Å². The van der Waals surface area contributed by atoms with Crippen LogP contribution in [0.4, 0.5) is 5.82 Å². The first kappa shape index (κ1) is 12.4. The first-order chi connectivity index (χ1) is 8.75. The van der Waals surface area contributed by atoms with Gasteiger partial charge in [0.1, 0.15) is 12.1 Å². The second-order valence-electron chi connectivity index (χ2n) is 5.56. The third-order valence-electron chi connectivity index (χ3n) is 4.27. The maximum Gasteiger partial charge on any atom is 0.135 e. The van der Waals surface area contributed by atoms with Gasteiger partial charge in [-0.1, -0.05) is 22.9 Å². The quantitative estimate of drug-likeness (QED) is 0.747. The molecule has 0 aromatic carbocycles. The molecule has 2 aliphatic rings. The molecule has 98 valence electrons. The van der Waals surface area contributed by atoms with E-state index >= 15 is 0 Å². The van der Waals surface area contributed by atoms with Crippen LogP contribution in [0.3, 0.4) is 0 Å². The predicted molar refractivity (Wildman–Crippen MR) is 77.4 cm³/mol. The molecule has 3 nitrogen and oxygen atoms in total. The van der Waals surface area contributed by atoms with Gasteiger partial charge < -0.3 is 4.90 Å². The molecule has 2 atom stereocenters. The van der Waals surface area contributed by atoms with Crippen LogP contribution in [0.15, 0.2) is 6.33 Å². The molecular formula is C14H20BrN3. The minimum atomic E-state index is 0.584. The first-order valence-electron chi connectivity index (χ1n) is 6.97. The number of aromatic nitrogens is 2. The second kappa shape index (κ2) is 5.16. The Bertz CT molecular complexity index is 435. The molecule has 18 heavy (non-hydrogen) atoms. The summed E-state index contributed by atoms with van der Waals surface area (Å²) >= 11 is 3.80. The van der Waals surface area contributed by atoms with Crippen LogP contribution in [0.2, 0.25) is 0 Å². The van der Waals surface area contributed by atoms with Crippen LogP contribution < -0.4 is 4.90 Å². The van der Waals surface area contributed by atoms with Crippen LogP contribution >= 0.6 is 15.9 Å². The predicted octanol–water partition coefficient (Wildman–Crippen LogP) is 2.97. The fraction of sp³-hybridized carbons (Fsp3) is 0.714. The van der Waals surface area contributed by atoms with E-state index in [1.807, 2.05) is 0 Å². The number of fused-ring (bicyclic) bond motifs is 1. The van der Waals surface area contributed by atoms with Crippen molar-refractivity contribution >= 4 is 21.7 Å². The lowest BCUT2D eigenvalue weighted by molar-refractivity contribution is 0.452. The number of halogens is 1. The van der Waals surface area contributed by atoms with Gasteiger partial charge in [0.15, 0.2) is 0 Å². The summed E-state index contributed by atoms with van der Waals surface area (Å²) in [6.45, 7) is 4.53. The van der Waals surface area contributed by atoms with E-state index < -0.39 is 0 Å². The number of alkyl halides is 1. The zero-order valence-corrected chi connectivity index (χ0v) is 12.5. The minimum Gasteiger partial charge on any atom is -0.355 e. The highest BCUT2D eigenvalue weighted by Crippen LogP contribution is 2.31. The summed E-state index contributed by atoms with van der Waals surface area (Å²) in [4.78, 5) is 12.1. The standard InChI is InChI=1S/C14H20BrN3/c1-10-6-7-18(8-12(10)15)14-11-4-2-3-5-13(11)16-9-17-14/h9-10,12H,2-8H2,1H3. The molecule has 1 fully saturated rings. The molecule has 2 unspecified atom stereocenters. The van der Waals surface area contributed by atoms with E-state index in [1.165, 1.54) is 36.3 Å². The van der Waals surface area contributed by atoms with Gasteiger partial charge in [0.2, 0.25) is 0 Å². The van der Waals surface area contributed by atoms with Gasteiger partial charge in [-0.3, -0.25) is 0 Å². The van der Waals surface area contributed by atoms with Crippen molar-refractivity contribution in [2.45, 2.75) is 43.9 Å². The highest BCUT2D eigenvalue weighted by molar-refractivity contribution is 9.09. The third-order valence-corrected chi connectivity index (χ3v) is 5.46. The number of piperidine rings is 1. The fourth-order valence-electron chi connectivity index (χ4n) is 2.99. The number of hydrogen-bond donors (Lipinski definition) is 0. The zero-order valence-electron chi connectivity index (χ0n) is 10.9. The van der Waals surface area contributed by atoms with Crippen molar-refractivity contribution in [3.05, 3.63) is 17.6 Å². The van der Waals surface area contributed by atoms with Crippen LogP contribution in [0.1, 0.15) is 37.4 Å². The van der Waals surface area contributed by atoms with E-state index in [2.05, 4.69) is 37.7 Å². The Morgan fingerprint density at radius 2 is 2.11 bits per heavy atom. The number of rotatable bonds is 1. The Labute approximate surface area is 117 Å². The molecule has 4 heteroatoms. The molecule has 1 saturated heterocycles. The SMILES string of the molecule is CC1CCN(c2ncnc3c2CCCC3)CC1Br. The van der Waals surface area contributed by atoms with E-state index in [4.69, 9.17) is 0 Å². The monoisotopic (exact) mass is 309 g/mol. The van der Waals surface area contributed by atoms with E-state index in [0.717, 1.165) is 31.8 Å². The maximum atomic E-state index is 4.57. The fourth-order valence-corrected chi connectivity index (χ4v) is 3.60. The molecule has 0 saturated carbocycles. The van der Waals surface area contributed by atoms with Crippen LogP contribution in [0.5, 0.6) is 0 Å². The molecule has 2 heterocycles. The molecule has 1 aliphatic heterocycles. The summed E-state index contributed by atoms with van der Waals surface area (Å²) in [5, 5.41) is 0. The molecule has 1 aliphatic carbocycles. The maximum absolute atomic E-state index is 4.57. The smallest absolute Gasteiger partial charge is 0.135 e. The summed E-state index contributed by atoms with van der Waals surface area (Å²) in [7, 11) is 0. The van der Waals surface area contributed by atoms with Crippen molar-refractivity contribution in [1.29, 1.82) is 0 Å². The second-order valence-corrected chi connectivity index (χ2v) is 6.73. The number of hydrogen-bond acceptors (Lipinski definition) is 3. The van der Waals surface area contributed by atoms with Crippen molar-refractivity contribution in [3.63, 3.8) is 0 Å². The average Bonchev–Trinajstić information content (AvgIpc) is 2.41. The van der Waals surface area contributed by atoms with Crippen molar-refractivity contribution in [1.82, 2.24) is 9.97 Å². The van der Waals surface area contributed by atoms with Crippen LogP contribution in [-0.2, 0) is 12.8 Å². The van der Waals surface area contributed by atoms with Crippen LogP contribution in [0.25, 0.3) is 0 Å². The summed E-state index contributed by atoms with van der Waals surface area (Å²) in [6.07, 6.45) is 7.85. The molecule has 1 aromatic heterocycles. The number of aryl methyl sites for hydroxylation is 1.